The van der Waals surface area contributed by atoms with E-state index in [-0.39, 0.29) is 23.6 Å². The van der Waals surface area contributed by atoms with Crippen LogP contribution in [0.4, 0.5) is 4.39 Å². The van der Waals surface area contributed by atoms with Crippen molar-refractivity contribution in [2.75, 3.05) is 40.6 Å². The minimum atomic E-state index is -0.381. The Morgan fingerprint density at radius 2 is 1.48 bits per heavy atom. The van der Waals surface area contributed by atoms with Crippen molar-refractivity contribution < 1.29 is 23.3 Å². The molecule has 0 aliphatic rings. The highest BCUT2D eigenvalue weighted by Gasteiger charge is 2.24. The normalized spacial score (nSPS) is 11.5. The van der Waals surface area contributed by atoms with Crippen LogP contribution in [0.5, 0.6) is 11.5 Å². The van der Waals surface area contributed by atoms with E-state index in [0.29, 0.717) is 31.1 Å². The maximum Gasteiger partial charge on any atom is 0.197 e. The number of hydrogen-bond donors (Lipinski definition) is 0. The zero-order valence-electron chi connectivity index (χ0n) is 13.5. The number of hydrogen-bond acceptors (Lipinski definition) is 4. The second-order valence-corrected chi connectivity index (χ2v) is 5.69. The van der Waals surface area contributed by atoms with E-state index in [1.807, 2.05) is 20.8 Å². The fraction of sp³-hybridized carbons (Fsp3) is 0.625. The van der Waals surface area contributed by atoms with Crippen molar-refractivity contribution in [2.45, 2.75) is 26.2 Å². The van der Waals surface area contributed by atoms with E-state index in [2.05, 4.69) is 0 Å². The van der Waals surface area contributed by atoms with Crippen molar-refractivity contribution in [3.63, 3.8) is 0 Å². The molecule has 1 rings (SSSR count). The smallest absolute Gasteiger partial charge is 0.197 e. The Labute approximate surface area is 126 Å². The summed E-state index contributed by atoms with van der Waals surface area (Å²) in [5, 5.41) is 0. The molecule has 1 aromatic rings. The number of halogens is 1. The number of ether oxygens (including phenoxy) is 4. The molecule has 21 heavy (non-hydrogen) atoms. The lowest BCUT2D eigenvalue weighted by atomic mass is 9.86. The summed E-state index contributed by atoms with van der Waals surface area (Å²) in [5.41, 5.74) is 0.281. The molecule has 0 amide bonds. The fourth-order valence-corrected chi connectivity index (χ4v) is 1.83. The van der Waals surface area contributed by atoms with Gasteiger partial charge in [-0.15, -0.1) is 0 Å². The summed E-state index contributed by atoms with van der Waals surface area (Å²) in [6, 6.07) is 3.47. The van der Waals surface area contributed by atoms with Gasteiger partial charge in [-0.3, -0.25) is 0 Å². The average Bonchev–Trinajstić information content (AvgIpc) is 2.40. The van der Waals surface area contributed by atoms with Crippen LogP contribution < -0.4 is 9.47 Å². The minimum absolute atomic E-state index is 0.135. The summed E-state index contributed by atoms with van der Waals surface area (Å²) in [6.45, 7) is 7.28. The molecule has 0 saturated heterocycles. The molecule has 0 spiro atoms. The molecule has 0 aliphatic carbocycles. The molecule has 0 radical (unpaired) electrons. The zero-order valence-corrected chi connectivity index (χ0v) is 13.5. The molecule has 0 heterocycles. The van der Waals surface area contributed by atoms with E-state index < -0.39 is 0 Å². The third-order valence-corrected chi connectivity index (χ3v) is 2.95. The molecule has 120 valence electrons. The van der Waals surface area contributed by atoms with Gasteiger partial charge in [0.15, 0.2) is 17.3 Å². The molecule has 1 aromatic carbocycles. The van der Waals surface area contributed by atoms with Gasteiger partial charge in [0.2, 0.25) is 0 Å². The van der Waals surface area contributed by atoms with Crippen LogP contribution in [0.15, 0.2) is 12.1 Å². The molecule has 0 fully saturated rings. The molecule has 0 N–H and O–H groups in total. The van der Waals surface area contributed by atoms with Gasteiger partial charge in [-0.05, 0) is 17.0 Å². The number of rotatable bonds is 8. The fourth-order valence-electron chi connectivity index (χ4n) is 1.83. The summed E-state index contributed by atoms with van der Waals surface area (Å²) in [6.07, 6.45) is 0. The standard InChI is InChI=1S/C16H25FO4/c1-16(2,3)12-6-7-13(20-10-8-18-4)15(14(12)17)21-11-9-19-5/h6-7H,8-11H2,1-5H3. The lowest BCUT2D eigenvalue weighted by molar-refractivity contribution is 0.129. The quantitative estimate of drug-likeness (QED) is 0.691. The molecular weight excluding hydrogens is 275 g/mol. The van der Waals surface area contributed by atoms with Crippen LogP contribution in [0.25, 0.3) is 0 Å². The topological polar surface area (TPSA) is 36.9 Å². The molecule has 0 atom stereocenters. The second-order valence-electron chi connectivity index (χ2n) is 5.69. The predicted molar refractivity (Wildman–Crippen MR) is 79.8 cm³/mol. The van der Waals surface area contributed by atoms with Gasteiger partial charge in [0.05, 0.1) is 13.2 Å². The Morgan fingerprint density at radius 3 is 2.00 bits per heavy atom. The van der Waals surface area contributed by atoms with Crippen LogP contribution >= 0.6 is 0 Å². The maximum atomic E-state index is 14.7. The average molecular weight is 300 g/mol. The molecule has 0 unspecified atom stereocenters. The van der Waals surface area contributed by atoms with Gasteiger partial charge in [0.1, 0.15) is 13.2 Å². The van der Waals surface area contributed by atoms with Crippen LogP contribution in [-0.2, 0) is 14.9 Å². The van der Waals surface area contributed by atoms with Gasteiger partial charge in [-0.1, -0.05) is 26.8 Å². The van der Waals surface area contributed by atoms with E-state index in [1.165, 1.54) is 0 Å². The van der Waals surface area contributed by atoms with E-state index in [9.17, 15) is 4.39 Å². The first-order chi connectivity index (χ1) is 9.91. The Bertz CT molecular complexity index is 441. The molecule has 0 aromatic heterocycles. The van der Waals surface area contributed by atoms with Crippen molar-refractivity contribution in [3.05, 3.63) is 23.5 Å². The molecule has 4 nitrogen and oxygen atoms in total. The lowest BCUT2D eigenvalue weighted by Crippen LogP contribution is -2.16. The van der Waals surface area contributed by atoms with E-state index in [0.717, 1.165) is 0 Å². The third kappa shape index (κ3) is 5.17. The largest absolute Gasteiger partial charge is 0.487 e. The Balaban J connectivity index is 3.03. The third-order valence-electron chi connectivity index (χ3n) is 2.95. The molecule has 5 heteroatoms. The Morgan fingerprint density at radius 1 is 0.905 bits per heavy atom. The van der Waals surface area contributed by atoms with E-state index in [4.69, 9.17) is 18.9 Å². The van der Waals surface area contributed by atoms with Gasteiger partial charge >= 0.3 is 0 Å². The van der Waals surface area contributed by atoms with Crippen molar-refractivity contribution in [1.29, 1.82) is 0 Å². The first-order valence-corrected chi connectivity index (χ1v) is 6.98. The minimum Gasteiger partial charge on any atom is -0.487 e. The van der Waals surface area contributed by atoms with E-state index >= 15 is 0 Å². The lowest BCUT2D eigenvalue weighted by Gasteiger charge is -2.22. The highest BCUT2D eigenvalue weighted by molar-refractivity contribution is 5.46. The summed E-state index contributed by atoms with van der Waals surface area (Å²) in [4.78, 5) is 0. The summed E-state index contributed by atoms with van der Waals surface area (Å²) in [5.74, 6) is 0.137. The number of methoxy groups -OCH3 is 2. The first kappa shape index (κ1) is 17.7. The van der Waals surface area contributed by atoms with Crippen molar-refractivity contribution in [2.24, 2.45) is 0 Å². The zero-order chi connectivity index (χ0) is 15.9. The van der Waals surface area contributed by atoms with Crippen LogP contribution in [-0.4, -0.2) is 40.6 Å². The van der Waals surface area contributed by atoms with Crippen molar-refractivity contribution in [3.8, 4) is 11.5 Å². The van der Waals surface area contributed by atoms with Gasteiger partial charge in [0.25, 0.3) is 0 Å². The summed E-state index contributed by atoms with van der Waals surface area (Å²) >= 11 is 0. The molecule has 0 bridgehead atoms. The monoisotopic (exact) mass is 300 g/mol. The van der Waals surface area contributed by atoms with Crippen LogP contribution in [0, 0.1) is 5.82 Å². The summed E-state index contributed by atoms with van der Waals surface area (Å²) in [7, 11) is 3.16. The second kappa shape index (κ2) is 8.20. The molecular formula is C16H25FO4. The SMILES string of the molecule is COCCOc1ccc(C(C)(C)C)c(F)c1OCCOC. The highest BCUT2D eigenvalue weighted by Crippen LogP contribution is 2.37. The van der Waals surface area contributed by atoms with Crippen molar-refractivity contribution in [1.82, 2.24) is 0 Å². The van der Waals surface area contributed by atoms with Crippen LogP contribution in [0.3, 0.4) is 0 Å². The number of benzene rings is 1. The Kier molecular flexibility index (Phi) is 6.92. The van der Waals surface area contributed by atoms with Gasteiger partial charge in [-0.25, -0.2) is 4.39 Å². The van der Waals surface area contributed by atoms with E-state index in [1.54, 1.807) is 26.4 Å². The summed E-state index contributed by atoms with van der Waals surface area (Å²) < 4.78 is 35.6. The van der Waals surface area contributed by atoms with Crippen LogP contribution in [0.1, 0.15) is 26.3 Å². The predicted octanol–water partition coefficient (Wildman–Crippen LogP) is 3.17. The van der Waals surface area contributed by atoms with Gasteiger partial charge in [0, 0.05) is 14.2 Å². The van der Waals surface area contributed by atoms with Gasteiger partial charge < -0.3 is 18.9 Å². The maximum absolute atomic E-state index is 14.7. The molecule has 0 saturated carbocycles. The highest BCUT2D eigenvalue weighted by atomic mass is 19.1. The Hall–Kier alpha value is -1.33. The van der Waals surface area contributed by atoms with Crippen molar-refractivity contribution >= 4 is 0 Å². The van der Waals surface area contributed by atoms with Crippen LogP contribution in [0.2, 0.25) is 0 Å². The first-order valence-electron chi connectivity index (χ1n) is 6.98. The molecule has 0 aliphatic heterocycles. The van der Waals surface area contributed by atoms with Gasteiger partial charge in [-0.2, -0.15) is 0 Å².